The van der Waals surface area contributed by atoms with Gasteiger partial charge in [-0.05, 0) is 55.3 Å². The van der Waals surface area contributed by atoms with Gasteiger partial charge in [-0.15, -0.1) is 0 Å². The van der Waals surface area contributed by atoms with E-state index in [1.54, 1.807) is 0 Å². The van der Waals surface area contributed by atoms with E-state index in [2.05, 4.69) is 5.32 Å². The average Bonchev–Trinajstić information content (AvgIpc) is 2.69. The minimum absolute atomic E-state index is 0.0628. The van der Waals surface area contributed by atoms with Crippen molar-refractivity contribution in [1.29, 1.82) is 0 Å². The van der Waals surface area contributed by atoms with Crippen LogP contribution in [0.15, 0.2) is 58.3 Å². The van der Waals surface area contributed by atoms with Gasteiger partial charge in [-0.1, -0.05) is 6.07 Å². The molecule has 0 saturated carbocycles. The Bertz CT molecular complexity index is 1110. The van der Waals surface area contributed by atoms with Crippen LogP contribution in [-0.4, -0.2) is 46.4 Å². The van der Waals surface area contributed by atoms with Gasteiger partial charge in [0.05, 0.1) is 9.79 Å². The van der Waals surface area contributed by atoms with Crippen molar-refractivity contribution in [2.45, 2.75) is 22.6 Å². The number of sulfonamides is 1. The second kappa shape index (κ2) is 8.21. The molecule has 1 aliphatic heterocycles. The van der Waals surface area contributed by atoms with Crippen molar-refractivity contribution in [3.8, 4) is 0 Å². The fourth-order valence-electron chi connectivity index (χ4n) is 3.15. The summed E-state index contributed by atoms with van der Waals surface area (Å²) in [6.07, 6.45) is 1.68. The van der Waals surface area contributed by atoms with Crippen LogP contribution in [0.1, 0.15) is 12.8 Å². The molecule has 2 aromatic carbocycles. The number of carbonyl (C=O) groups is 1. The zero-order valence-corrected chi connectivity index (χ0v) is 17.3. The second-order valence-electron chi connectivity index (χ2n) is 6.92. The summed E-state index contributed by atoms with van der Waals surface area (Å²) >= 11 is 0. The maximum absolute atomic E-state index is 13.0. The molecule has 0 unspecified atom stereocenters. The van der Waals surface area contributed by atoms with Crippen LogP contribution >= 0.6 is 0 Å². The lowest BCUT2D eigenvalue weighted by Gasteiger charge is -2.30. The SMILES string of the molecule is CS(=O)(=O)c1cccc(S(=O)(=O)N2CCC(C(=O)Nc3ccc(F)cc3)CC2)c1. The highest BCUT2D eigenvalue weighted by Gasteiger charge is 2.32. The van der Waals surface area contributed by atoms with Gasteiger partial charge in [-0.25, -0.2) is 21.2 Å². The number of anilines is 1. The van der Waals surface area contributed by atoms with Gasteiger partial charge >= 0.3 is 0 Å². The van der Waals surface area contributed by atoms with Gasteiger partial charge in [-0.3, -0.25) is 4.79 Å². The first-order valence-corrected chi connectivity index (χ1v) is 12.3. The molecule has 0 radical (unpaired) electrons. The predicted molar refractivity (Wildman–Crippen MR) is 106 cm³/mol. The zero-order valence-electron chi connectivity index (χ0n) is 15.7. The maximum Gasteiger partial charge on any atom is 0.243 e. The maximum atomic E-state index is 13.0. The standard InChI is InChI=1S/C19H21FN2O5S2/c1-28(24,25)17-3-2-4-18(13-17)29(26,27)22-11-9-14(10-12-22)19(23)21-16-7-5-15(20)6-8-16/h2-8,13-14H,9-12H2,1H3,(H,21,23). The van der Waals surface area contributed by atoms with E-state index in [-0.39, 0.29) is 34.7 Å². The summed E-state index contributed by atoms with van der Waals surface area (Å²) in [4.78, 5) is 12.2. The lowest BCUT2D eigenvalue weighted by molar-refractivity contribution is -0.120. The number of nitrogens with zero attached hydrogens (tertiary/aromatic N) is 1. The molecule has 0 bridgehead atoms. The number of piperidine rings is 1. The van der Waals surface area contributed by atoms with E-state index in [9.17, 15) is 26.0 Å². The highest BCUT2D eigenvalue weighted by atomic mass is 32.2. The first kappa shape index (κ1) is 21.4. The molecule has 0 aromatic heterocycles. The number of nitrogens with one attached hydrogen (secondary N) is 1. The van der Waals surface area contributed by atoms with E-state index in [4.69, 9.17) is 0 Å². The summed E-state index contributed by atoms with van der Waals surface area (Å²) in [6.45, 7) is 0.292. The monoisotopic (exact) mass is 440 g/mol. The molecule has 0 aliphatic carbocycles. The number of rotatable bonds is 5. The quantitative estimate of drug-likeness (QED) is 0.769. The van der Waals surface area contributed by atoms with E-state index in [1.165, 1.54) is 46.8 Å². The molecule has 1 amide bonds. The largest absolute Gasteiger partial charge is 0.326 e. The number of benzene rings is 2. The lowest BCUT2D eigenvalue weighted by Crippen LogP contribution is -2.41. The molecule has 1 saturated heterocycles. The topological polar surface area (TPSA) is 101 Å². The van der Waals surface area contributed by atoms with Gasteiger partial charge in [0.1, 0.15) is 5.82 Å². The van der Waals surface area contributed by atoms with Crippen LogP contribution < -0.4 is 5.32 Å². The molecule has 156 valence electrons. The summed E-state index contributed by atoms with van der Waals surface area (Å²) in [5.41, 5.74) is 0.476. The third-order valence-electron chi connectivity index (χ3n) is 4.81. The van der Waals surface area contributed by atoms with Crippen molar-refractivity contribution in [3.63, 3.8) is 0 Å². The van der Waals surface area contributed by atoms with Crippen LogP contribution in [-0.2, 0) is 24.7 Å². The average molecular weight is 441 g/mol. The Morgan fingerprint density at radius 1 is 1.00 bits per heavy atom. The molecule has 0 spiro atoms. The van der Waals surface area contributed by atoms with Crippen LogP contribution in [0.25, 0.3) is 0 Å². The van der Waals surface area contributed by atoms with E-state index >= 15 is 0 Å². The Morgan fingerprint density at radius 2 is 1.59 bits per heavy atom. The van der Waals surface area contributed by atoms with Crippen molar-refractivity contribution >= 4 is 31.5 Å². The minimum atomic E-state index is -3.86. The fourth-order valence-corrected chi connectivity index (χ4v) is 5.41. The molecule has 29 heavy (non-hydrogen) atoms. The van der Waals surface area contributed by atoms with Crippen LogP contribution in [0, 0.1) is 11.7 Å². The summed E-state index contributed by atoms with van der Waals surface area (Å²) in [5, 5.41) is 2.71. The number of carbonyl (C=O) groups excluding carboxylic acids is 1. The summed E-state index contributed by atoms with van der Waals surface area (Å²) < 4.78 is 63.3. The Labute approximate surface area is 169 Å². The first-order valence-electron chi connectivity index (χ1n) is 8.94. The number of amides is 1. The van der Waals surface area contributed by atoms with Gasteiger partial charge in [0, 0.05) is 31.0 Å². The third kappa shape index (κ3) is 5.01. The van der Waals surface area contributed by atoms with Gasteiger partial charge in [0.15, 0.2) is 9.84 Å². The molecule has 1 aliphatic rings. The molecular weight excluding hydrogens is 419 g/mol. The number of hydrogen-bond acceptors (Lipinski definition) is 5. The second-order valence-corrected chi connectivity index (χ2v) is 10.9. The highest BCUT2D eigenvalue weighted by Crippen LogP contribution is 2.26. The van der Waals surface area contributed by atoms with Crippen molar-refractivity contribution in [2.24, 2.45) is 5.92 Å². The van der Waals surface area contributed by atoms with Crippen LogP contribution in [0.2, 0.25) is 0 Å². The Morgan fingerprint density at radius 3 is 2.17 bits per heavy atom. The number of sulfone groups is 1. The van der Waals surface area contributed by atoms with Crippen LogP contribution in [0.4, 0.5) is 10.1 Å². The van der Waals surface area contributed by atoms with Gasteiger partial charge in [0.2, 0.25) is 15.9 Å². The van der Waals surface area contributed by atoms with Crippen molar-refractivity contribution in [3.05, 3.63) is 54.3 Å². The molecule has 1 fully saturated rings. The van der Waals surface area contributed by atoms with Gasteiger partial charge in [0.25, 0.3) is 0 Å². The fraction of sp³-hybridized carbons (Fsp3) is 0.316. The van der Waals surface area contributed by atoms with Gasteiger partial charge < -0.3 is 5.32 Å². The Balaban J connectivity index is 1.66. The lowest BCUT2D eigenvalue weighted by atomic mass is 9.97. The van der Waals surface area contributed by atoms with Crippen LogP contribution in [0.3, 0.4) is 0 Å². The van der Waals surface area contributed by atoms with E-state index in [1.807, 2.05) is 0 Å². The Hall–Kier alpha value is -2.30. The van der Waals surface area contributed by atoms with Crippen molar-refractivity contribution in [1.82, 2.24) is 4.31 Å². The molecule has 1 heterocycles. The summed E-state index contributed by atoms with van der Waals surface area (Å²) in [6, 6.07) is 10.7. The normalized spacial score (nSPS) is 16.5. The van der Waals surface area contributed by atoms with E-state index < -0.39 is 25.7 Å². The summed E-state index contributed by atoms with van der Waals surface area (Å²) in [5.74, 6) is -1.01. The van der Waals surface area contributed by atoms with Gasteiger partial charge in [-0.2, -0.15) is 4.31 Å². The first-order chi connectivity index (χ1) is 13.6. The van der Waals surface area contributed by atoms with Crippen LogP contribution in [0.5, 0.6) is 0 Å². The molecule has 1 N–H and O–H groups in total. The smallest absolute Gasteiger partial charge is 0.243 e. The number of halogens is 1. The summed E-state index contributed by atoms with van der Waals surface area (Å²) in [7, 11) is -7.39. The molecule has 2 aromatic rings. The van der Waals surface area contributed by atoms with E-state index in [0.29, 0.717) is 18.5 Å². The molecular formula is C19H21FN2O5S2. The molecule has 7 nitrogen and oxygen atoms in total. The van der Waals surface area contributed by atoms with Crippen molar-refractivity contribution in [2.75, 3.05) is 24.7 Å². The molecule has 3 rings (SSSR count). The minimum Gasteiger partial charge on any atom is -0.326 e. The number of hydrogen-bond donors (Lipinski definition) is 1. The highest BCUT2D eigenvalue weighted by molar-refractivity contribution is 7.91. The Kier molecular flexibility index (Phi) is 6.06. The van der Waals surface area contributed by atoms with Crippen molar-refractivity contribution < 1.29 is 26.0 Å². The van der Waals surface area contributed by atoms with E-state index in [0.717, 1.165) is 12.3 Å². The molecule has 0 atom stereocenters. The molecule has 10 heteroatoms. The third-order valence-corrected chi connectivity index (χ3v) is 7.81. The zero-order chi connectivity index (χ0) is 21.2. The predicted octanol–water partition coefficient (Wildman–Crippen LogP) is 2.27.